The van der Waals surface area contributed by atoms with Crippen molar-refractivity contribution < 1.29 is 9.53 Å². The Bertz CT molecular complexity index is 193. The Hall–Kier alpha value is -0.770. The van der Waals surface area contributed by atoms with Crippen LogP contribution in [0, 0.1) is 5.92 Å². The van der Waals surface area contributed by atoms with Gasteiger partial charge in [0.15, 0.2) is 0 Å². The molecular formula is C11H22N2O2. The summed E-state index contributed by atoms with van der Waals surface area (Å²) in [4.78, 5) is 13.1. The van der Waals surface area contributed by atoms with Gasteiger partial charge in [-0.3, -0.25) is 0 Å². The molecule has 1 aliphatic carbocycles. The highest BCUT2D eigenvalue weighted by molar-refractivity contribution is 5.73. The number of carbonyl (C=O) groups excluding carboxylic acids is 1. The summed E-state index contributed by atoms with van der Waals surface area (Å²) in [7, 11) is 1.80. The SMILES string of the molecule is CCCNC(=O)N(C)CCOCC1CC1. The molecule has 4 nitrogen and oxygen atoms in total. The van der Waals surface area contributed by atoms with Crippen LogP contribution in [-0.2, 0) is 4.74 Å². The maximum Gasteiger partial charge on any atom is 0.317 e. The zero-order valence-corrected chi connectivity index (χ0v) is 9.79. The number of hydrogen-bond donors (Lipinski definition) is 1. The minimum absolute atomic E-state index is 0.00753. The molecule has 1 N–H and O–H groups in total. The molecule has 1 fully saturated rings. The first-order valence-electron chi connectivity index (χ1n) is 5.80. The number of nitrogens with one attached hydrogen (secondary N) is 1. The van der Waals surface area contributed by atoms with E-state index in [1.165, 1.54) is 12.8 Å². The van der Waals surface area contributed by atoms with Crippen molar-refractivity contribution >= 4 is 6.03 Å². The lowest BCUT2D eigenvalue weighted by molar-refractivity contribution is 0.108. The molecule has 4 heteroatoms. The van der Waals surface area contributed by atoms with Gasteiger partial charge in [0.05, 0.1) is 6.61 Å². The Labute approximate surface area is 92.0 Å². The second kappa shape index (κ2) is 6.67. The van der Waals surface area contributed by atoms with Gasteiger partial charge in [0, 0.05) is 26.7 Å². The first kappa shape index (κ1) is 12.3. The Morgan fingerprint density at radius 1 is 1.53 bits per heavy atom. The van der Waals surface area contributed by atoms with E-state index in [1.54, 1.807) is 11.9 Å². The van der Waals surface area contributed by atoms with Crippen LogP contribution >= 0.6 is 0 Å². The normalized spacial score (nSPS) is 15.1. The van der Waals surface area contributed by atoms with Crippen LogP contribution in [-0.4, -0.2) is 44.3 Å². The molecule has 1 saturated carbocycles. The van der Waals surface area contributed by atoms with E-state index in [4.69, 9.17) is 4.74 Å². The molecule has 0 spiro atoms. The molecule has 1 rings (SSSR count). The van der Waals surface area contributed by atoms with Gasteiger partial charge in [0.2, 0.25) is 0 Å². The maximum absolute atomic E-state index is 11.4. The van der Waals surface area contributed by atoms with E-state index in [-0.39, 0.29) is 6.03 Å². The topological polar surface area (TPSA) is 41.6 Å². The van der Waals surface area contributed by atoms with Gasteiger partial charge in [-0.05, 0) is 25.2 Å². The molecular weight excluding hydrogens is 192 g/mol. The molecule has 0 saturated heterocycles. The van der Waals surface area contributed by atoms with Crippen LogP contribution in [0.1, 0.15) is 26.2 Å². The van der Waals surface area contributed by atoms with Crippen molar-refractivity contribution in [2.24, 2.45) is 5.92 Å². The molecule has 0 atom stereocenters. The Balaban J connectivity index is 1.95. The highest BCUT2D eigenvalue weighted by Crippen LogP contribution is 2.28. The van der Waals surface area contributed by atoms with Gasteiger partial charge in [-0.15, -0.1) is 0 Å². The number of urea groups is 1. The fraction of sp³-hybridized carbons (Fsp3) is 0.909. The average Bonchev–Trinajstić information content (AvgIpc) is 3.04. The molecule has 0 radical (unpaired) electrons. The molecule has 15 heavy (non-hydrogen) atoms. The average molecular weight is 214 g/mol. The van der Waals surface area contributed by atoms with Crippen molar-refractivity contribution in [2.75, 3.05) is 33.4 Å². The predicted molar refractivity (Wildman–Crippen MR) is 59.9 cm³/mol. The summed E-state index contributed by atoms with van der Waals surface area (Å²) in [6, 6.07) is -0.00753. The molecule has 0 bridgehead atoms. The molecule has 0 aliphatic heterocycles. The summed E-state index contributed by atoms with van der Waals surface area (Å²) < 4.78 is 5.46. The third kappa shape index (κ3) is 5.62. The van der Waals surface area contributed by atoms with Gasteiger partial charge >= 0.3 is 6.03 Å². The van der Waals surface area contributed by atoms with Crippen molar-refractivity contribution in [3.05, 3.63) is 0 Å². The van der Waals surface area contributed by atoms with Crippen LogP contribution in [0.15, 0.2) is 0 Å². The minimum atomic E-state index is -0.00753. The molecule has 0 unspecified atom stereocenters. The summed E-state index contributed by atoms with van der Waals surface area (Å²) in [5.74, 6) is 0.796. The molecule has 88 valence electrons. The minimum Gasteiger partial charge on any atom is -0.379 e. The highest BCUT2D eigenvalue weighted by Gasteiger charge is 2.21. The third-order valence-electron chi connectivity index (χ3n) is 2.49. The Morgan fingerprint density at radius 3 is 2.87 bits per heavy atom. The maximum atomic E-state index is 11.4. The lowest BCUT2D eigenvalue weighted by Crippen LogP contribution is -2.39. The number of likely N-dealkylation sites (N-methyl/N-ethyl adjacent to an activating group) is 1. The van der Waals surface area contributed by atoms with Crippen molar-refractivity contribution in [2.45, 2.75) is 26.2 Å². The molecule has 0 aromatic carbocycles. The van der Waals surface area contributed by atoms with E-state index in [2.05, 4.69) is 5.32 Å². The second-order valence-corrected chi connectivity index (χ2v) is 4.17. The summed E-state index contributed by atoms with van der Waals surface area (Å²) in [5, 5.41) is 2.83. The molecule has 2 amide bonds. The fourth-order valence-electron chi connectivity index (χ4n) is 1.20. The molecule has 1 aliphatic rings. The van der Waals surface area contributed by atoms with Crippen molar-refractivity contribution in [1.82, 2.24) is 10.2 Å². The summed E-state index contributed by atoms with van der Waals surface area (Å²) >= 11 is 0. The van der Waals surface area contributed by atoms with Gasteiger partial charge in [0.25, 0.3) is 0 Å². The van der Waals surface area contributed by atoms with Crippen LogP contribution < -0.4 is 5.32 Å². The molecule has 0 heterocycles. The van der Waals surface area contributed by atoms with Crippen molar-refractivity contribution in [1.29, 1.82) is 0 Å². The van der Waals surface area contributed by atoms with Crippen molar-refractivity contribution in [3.63, 3.8) is 0 Å². The number of hydrogen-bond acceptors (Lipinski definition) is 2. The number of amides is 2. The second-order valence-electron chi connectivity index (χ2n) is 4.17. The van der Waals surface area contributed by atoms with Gasteiger partial charge < -0.3 is 15.0 Å². The zero-order valence-electron chi connectivity index (χ0n) is 9.79. The van der Waals surface area contributed by atoms with Crippen LogP contribution in [0.4, 0.5) is 4.79 Å². The van der Waals surface area contributed by atoms with Gasteiger partial charge in [-0.1, -0.05) is 6.92 Å². The fourth-order valence-corrected chi connectivity index (χ4v) is 1.20. The van der Waals surface area contributed by atoms with Crippen LogP contribution in [0.5, 0.6) is 0 Å². The van der Waals surface area contributed by atoms with E-state index >= 15 is 0 Å². The van der Waals surface area contributed by atoms with Crippen molar-refractivity contribution in [3.8, 4) is 0 Å². The van der Waals surface area contributed by atoms with Crippen LogP contribution in [0.2, 0.25) is 0 Å². The standard InChI is InChI=1S/C11H22N2O2/c1-3-6-12-11(14)13(2)7-8-15-9-10-4-5-10/h10H,3-9H2,1-2H3,(H,12,14). The highest BCUT2D eigenvalue weighted by atomic mass is 16.5. The lowest BCUT2D eigenvalue weighted by Gasteiger charge is -2.17. The largest absolute Gasteiger partial charge is 0.379 e. The third-order valence-corrected chi connectivity index (χ3v) is 2.49. The molecule has 0 aromatic heterocycles. The predicted octanol–water partition coefficient (Wildman–Crippen LogP) is 1.46. The number of rotatable bonds is 7. The van der Waals surface area contributed by atoms with E-state index < -0.39 is 0 Å². The van der Waals surface area contributed by atoms with Gasteiger partial charge in [0.1, 0.15) is 0 Å². The number of ether oxygens (including phenoxy) is 1. The smallest absolute Gasteiger partial charge is 0.317 e. The quantitative estimate of drug-likeness (QED) is 0.652. The first-order valence-corrected chi connectivity index (χ1v) is 5.80. The van der Waals surface area contributed by atoms with Gasteiger partial charge in [-0.25, -0.2) is 4.79 Å². The Kier molecular flexibility index (Phi) is 5.47. The monoisotopic (exact) mass is 214 g/mol. The summed E-state index contributed by atoms with van der Waals surface area (Å²) in [6.45, 7) is 4.96. The van der Waals surface area contributed by atoms with E-state index in [0.29, 0.717) is 13.2 Å². The first-order chi connectivity index (χ1) is 7.24. The van der Waals surface area contributed by atoms with Crippen LogP contribution in [0.25, 0.3) is 0 Å². The lowest BCUT2D eigenvalue weighted by atomic mass is 10.5. The number of nitrogens with zero attached hydrogens (tertiary/aromatic N) is 1. The zero-order chi connectivity index (χ0) is 11.1. The van der Waals surface area contributed by atoms with Gasteiger partial charge in [-0.2, -0.15) is 0 Å². The van der Waals surface area contributed by atoms with E-state index in [0.717, 1.165) is 25.5 Å². The van der Waals surface area contributed by atoms with Crippen LogP contribution in [0.3, 0.4) is 0 Å². The summed E-state index contributed by atoms with van der Waals surface area (Å²) in [5.41, 5.74) is 0. The summed E-state index contributed by atoms with van der Waals surface area (Å²) in [6.07, 6.45) is 3.59. The number of carbonyl (C=O) groups is 1. The molecule has 0 aromatic rings. The van der Waals surface area contributed by atoms with E-state index in [9.17, 15) is 4.79 Å². The van der Waals surface area contributed by atoms with E-state index in [1.807, 2.05) is 6.92 Å². The Morgan fingerprint density at radius 2 is 2.27 bits per heavy atom.